The number of hydrogen-bond acceptors (Lipinski definition) is 6. The lowest BCUT2D eigenvalue weighted by atomic mass is 9.78. The number of nitrogens with one attached hydrogen (secondary N) is 1. The van der Waals surface area contributed by atoms with Crippen molar-refractivity contribution in [2.75, 3.05) is 19.5 Å². The van der Waals surface area contributed by atoms with Gasteiger partial charge < -0.3 is 14.8 Å². The molecule has 2 atom stereocenters. The van der Waals surface area contributed by atoms with Crippen molar-refractivity contribution in [1.82, 2.24) is 14.8 Å². The average molecular weight is 471 g/mol. The molecule has 0 radical (unpaired) electrons. The van der Waals surface area contributed by atoms with Gasteiger partial charge in [-0.1, -0.05) is 41.4 Å². The molecule has 0 saturated carbocycles. The largest absolute Gasteiger partial charge is 0.493 e. The quantitative estimate of drug-likeness (QED) is 0.576. The third-order valence-electron chi connectivity index (χ3n) is 6.02. The number of hydrogen-bond donors (Lipinski definition) is 1. The molecule has 2 aliphatic rings. The summed E-state index contributed by atoms with van der Waals surface area (Å²) in [5, 5.41) is 8.50. The van der Waals surface area contributed by atoms with E-state index in [0.29, 0.717) is 45.9 Å². The number of carbonyl (C=O) groups is 1. The SMILES string of the molecule is COc1ccc([C@H]2CC(=O)C3=C(C2)Nc2ncnn2[C@H]3c2cccc(Cl)c2Cl)cc1OC. The molecule has 0 unspecified atom stereocenters. The molecule has 1 aliphatic heterocycles. The summed E-state index contributed by atoms with van der Waals surface area (Å²) in [6.07, 6.45) is 2.45. The zero-order valence-electron chi connectivity index (χ0n) is 17.4. The van der Waals surface area contributed by atoms with E-state index in [1.807, 2.05) is 30.3 Å². The second kappa shape index (κ2) is 8.15. The van der Waals surface area contributed by atoms with E-state index in [4.69, 9.17) is 32.7 Å². The number of nitrogens with zero attached hydrogens (tertiary/aromatic N) is 3. The van der Waals surface area contributed by atoms with E-state index in [2.05, 4.69) is 15.4 Å². The molecule has 0 fully saturated rings. The van der Waals surface area contributed by atoms with Crippen molar-refractivity contribution >= 4 is 34.9 Å². The first-order chi connectivity index (χ1) is 15.5. The Morgan fingerprint density at radius 1 is 1.09 bits per heavy atom. The summed E-state index contributed by atoms with van der Waals surface area (Å²) in [6, 6.07) is 10.7. The third kappa shape index (κ3) is 3.32. The number of allylic oxidation sites excluding steroid dienone is 2. The standard InChI is InChI=1S/C23H20Cl2N4O3/c1-31-18-7-6-12(10-19(18)32-2)13-8-16-20(17(30)9-13)22(29-23(28-16)26-11-27-29)14-4-3-5-15(24)21(14)25/h3-7,10-11,13,22H,8-9H2,1-2H3,(H,26,27,28)/t13-,22+/m1/s1. The number of halogens is 2. The Labute approximate surface area is 195 Å². The van der Waals surface area contributed by atoms with Gasteiger partial charge in [-0.15, -0.1) is 0 Å². The second-order valence-electron chi connectivity index (χ2n) is 7.73. The fourth-order valence-electron chi connectivity index (χ4n) is 4.51. The molecule has 9 heteroatoms. The zero-order chi connectivity index (χ0) is 22.4. The van der Waals surface area contributed by atoms with Gasteiger partial charge in [0, 0.05) is 23.3 Å². The maximum absolute atomic E-state index is 13.5. The van der Waals surface area contributed by atoms with Gasteiger partial charge in [0.2, 0.25) is 5.95 Å². The van der Waals surface area contributed by atoms with E-state index in [1.165, 1.54) is 6.33 Å². The molecule has 1 aliphatic carbocycles. The van der Waals surface area contributed by atoms with Crippen molar-refractivity contribution in [2.45, 2.75) is 24.8 Å². The number of aromatic nitrogens is 3. The Morgan fingerprint density at radius 2 is 1.91 bits per heavy atom. The van der Waals surface area contributed by atoms with E-state index in [-0.39, 0.29) is 11.7 Å². The van der Waals surface area contributed by atoms with Gasteiger partial charge in [0.05, 0.1) is 24.3 Å². The normalized spacial score (nSPS) is 19.8. The number of benzene rings is 2. The van der Waals surface area contributed by atoms with Crippen LogP contribution in [0.5, 0.6) is 11.5 Å². The van der Waals surface area contributed by atoms with E-state index < -0.39 is 6.04 Å². The van der Waals surface area contributed by atoms with Gasteiger partial charge in [0.1, 0.15) is 12.4 Å². The number of carbonyl (C=O) groups excluding carboxylic acids is 1. The molecule has 2 heterocycles. The molecular weight excluding hydrogens is 451 g/mol. The van der Waals surface area contributed by atoms with Crippen LogP contribution in [-0.2, 0) is 4.79 Å². The number of Topliss-reactive ketones (excluding diaryl/α,β-unsaturated/α-hetero) is 1. The van der Waals surface area contributed by atoms with Crippen molar-refractivity contribution in [3.63, 3.8) is 0 Å². The number of rotatable bonds is 4. The van der Waals surface area contributed by atoms with Crippen LogP contribution < -0.4 is 14.8 Å². The van der Waals surface area contributed by atoms with E-state index in [1.54, 1.807) is 25.0 Å². The molecule has 0 saturated heterocycles. The summed E-state index contributed by atoms with van der Waals surface area (Å²) < 4.78 is 12.5. The van der Waals surface area contributed by atoms with Crippen LogP contribution in [-0.4, -0.2) is 34.8 Å². The second-order valence-corrected chi connectivity index (χ2v) is 8.52. The van der Waals surface area contributed by atoms with Crippen LogP contribution in [0.15, 0.2) is 54.0 Å². The Bertz CT molecular complexity index is 1250. The molecule has 0 spiro atoms. The number of ketones is 1. The van der Waals surface area contributed by atoms with Crippen LogP contribution in [0.4, 0.5) is 5.95 Å². The van der Waals surface area contributed by atoms with Gasteiger partial charge in [-0.3, -0.25) is 4.79 Å². The average Bonchev–Trinajstić information content (AvgIpc) is 3.27. The van der Waals surface area contributed by atoms with Crippen molar-refractivity contribution in [3.05, 3.63) is 75.2 Å². The van der Waals surface area contributed by atoms with E-state index in [0.717, 1.165) is 16.8 Å². The lowest BCUT2D eigenvalue weighted by Gasteiger charge is -2.35. The summed E-state index contributed by atoms with van der Waals surface area (Å²) >= 11 is 12.8. The Balaban J connectivity index is 1.58. The molecule has 0 bridgehead atoms. The molecule has 1 aromatic heterocycles. The first kappa shape index (κ1) is 20.8. The zero-order valence-corrected chi connectivity index (χ0v) is 18.9. The third-order valence-corrected chi connectivity index (χ3v) is 6.85. The molecular formula is C23H20Cl2N4O3. The maximum Gasteiger partial charge on any atom is 0.226 e. The minimum absolute atomic E-state index is 0.0153. The number of fused-ring (bicyclic) bond motifs is 1. The molecule has 2 aromatic carbocycles. The highest BCUT2D eigenvalue weighted by molar-refractivity contribution is 6.42. The lowest BCUT2D eigenvalue weighted by Crippen LogP contribution is -2.33. The molecule has 164 valence electrons. The fourth-order valence-corrected chi connectivity index (χ4v) is 4.92. The highest BCUT2D eigenvalue weighted by Gasteiger charge is 2.40. The molecule has 7 nitrogen and oxygen atoms in total. The minimum atomic E-state index is -0.492. The van der Waals surface area contributed by atoms with Gasteiger partial charge in [-0.05, 0) is 36.1 Å². The topological polar surface area (TPSA) is 78.3 Å². The minimum Gasteiger partial charge on any atom is -0.493 e. The Kier molecular flexibility index (Phi) is 5.31. The molecule has 32 heavy (non-hydrogen) atoms. The number of ether oxygens (including phenoxy) is 2. The van der Waals surface area contributed by atoms with E-state index >= 15 is 0 Å². The fraction of sp³-hybridized carbons (Fsp3) is 0.261. The molecule has 5 rings (SSSR count). The first-order valence-electron chi connectivity index (χ1n) is 10.1. The predicted octanol–water partition coefficient (Wildman–Crippen LogP) is 5.02. The van der Waals surface area contributed by atoms with Gasteiger partial charge in [-0.25, -0.2) is 4.68 Å². The van der Waals surface area contributed by atoms with Crippen LogP contribution in [0.2, 0.25) is 10.0 Å². The molecule has 0 amide bonds. The Hall–Kier alpha value is -3.03. The smallest absolute Gasteiger partial charge is 0.226 e. The van der Waals surface area contributed by atoms with Crippen molar-refractivity contribution in [2.24, 2.45) is 0 Å². The first-order valence-corrected chi connectivity index (χ1v) is 10.9. The summed E-state index contributed by atoms with van der Waals surface area (Å²) in [4.78, 5) is 17.8. The van der Waals surface area contributed by atoms with Crippen LogP contribution in [0.25, 0.3) is 0 Å². The van der Waals surface area contributed by atoms with Gasteiger partial charge >= 0.3 is 0 Å². The van der Waals surface area contributed by atoms with Crippen molar-refractivity contribution in [1.29, 1.82) is 0 Å². The monoisotopic (exact) mass is 470 g/mol. The highest BCUT2D eigenvalue weighted by atomic mass is 35.5. The summed E-state index contributed by atoms with van der Waals surface area (Å²) in [5.41, 5.74) is 3.19. The van der Waals surface area contributed by atoms with Crippen LogP contribution in [0.3, 0.4) is 0 Å². The van der Waals surface area contributed by atoms with Crippen LogP contribution in [0, 0.1) is 0 Å². The van der Waals surface area contributed by atoms with Crippen LogP contribution in [0.1, 0.15) is 35.9 Å². The predicted molar refractivity (Wildman–Crippen MR) is 122 cm³/mol. The summed E-state index contributed by atoms with van der Waals surface area (Å²) in [5.74, 6) is 1.86. The highest BCUT2D eigenvalue weighted by Crippen LogP contribution is 2.46. The summed E-state index contributed by atoms with van der Waals surface area (Å²) in [6.45, 7) is 0. The maximum atomic E-state index is 13.5. The van der Waals surface area contributed by atoms with Gasteiger partial charge in [0.15, 0.2) is 17.3 Å². The lowest BCUT2D eigenvalue weighted by molar-refractivity contribution is -0.116. The Morgan fingerprint density at radius 3 is 2.69 bits per heavy atom. The number of anilines is 1. The number of methoxy groups -OCH3 is 2. The van der Waals surface area contributed by atoms with Gasteiger partial charge in [0.25, 0.3) is 0 Å². The summed E-state index contributed by atoms with van der Waals surface area (Å²) in [7, 11) is 3.20. The molecule has 1 N–H and O–H groups in total. The van der Waals surface area contributed by atoms with Crippen molar-refractivity contribution < 1.29 is 14.3 Å². The molecule has 3 aromatic rings. The van der Waals surface area contributed by atoms with Crippen LogP contribution >= 0.6 is 23.2 Å². The van der Waals surface area contributed by atoms with Crippen molar-refractivity contribution in [3.8, 4) is 11.5 Å². The van der Waals surface area contributed by atoms with E-state index in [9.17, 15) is 4.79 Å². The van der Waals surface area contributed by atoms with Gasteiger partial charge in [-0.2, -0.15) is 10.1 Å².